The van der Waals surface area contributed by atoms with Crippen LogP contribution in [0.5, 0.6) is 0 Å². The number of aliphatic hydroxyl groups excluding tert-OH is 1. The lowest BCUT2D eigenvalue weighted by molar-refractivity contribution is -0.135. The van der Waals surface area contributed by atoms with Gasteiger partial charge in [0.05, 0.1) is 19.0 Å². The highest BCUT2D eigenvalue weighted by atomic mass is 32.2. The monoisotopic (exact) mass is 235 g/mol. The molecule has 0 radical (unpaired) electrons. The molecule has 0 unspecified atom stereocenters. The first-order chi connectivity index (χ1) is 7.17. The molecule has 0 rings (SSSR count). The zero-order valence-electron chi connectivity index (χ0n) is 8.30. The summed E-state index contributed by atoms with van der Waals surface area (Å²) in [6, 6.07) is 0. The first-order valence-corrected chi connectivity index (χ1v) is 5.43. The molecule has 86 valence electrons. The molecule has 0 heterocycles. The van der Waals surface area contributed by atoms with Crippen LogP contribution < -0.4 is 0 Å². The summed E-state index contributed by atoms with van der Waals surface area (Å²) in [5, 5.41) is 19.5. The van der Waals surface area contributed by atoms with E-state index in [9.17, 15) is 9.59 Å². The van der Waals surface area contributed by atoms with E-state index in [1.807, 2.05) is 0 Å². The molecule has 0 aromatic rings. The molecule has 0 atom stereocenters. The van der Waals surface area contributed by atoms with E-state index < -0.39 is 17.5 Å². The van der Waals surface area contributed by atoms with Gasteiger partial charge in [-0.05, 0) is 6.92 Å². The lowest BCUT2D eigenvalue weighted by Crippen LogP contribution is -2.28. The van der Waals surface area contributed by atoms with Gasteiger partial charge in [-0.15, -0.1) is 0 Å². The summed E-state index contributed by atoms with van der Waals surface area (Å²) in [6.07, 6.45) is 0. The lowest BCUT2D eigenvalue weighted by atomic mass is 10.3. The normalized spacial score (nSPS) is 11.2. The predicted molar refractivity (Wildman–Crippen MR) is 55.3 cm³/mol. The average molecular weight is 235 g/mol. The van der Waals surface area contributed by atoms with Gasteiger partial charge in [0.2, 0.25) is 11.5 Å². The number of esters is 1. The van der Waals surface area contributed by atoms with Gasteiger partial charge in [0.1, 0.15) is 0 Å². The first-order valence-electron chi connectivity index (χ1n) is 4.28. The Hall–Kier alpha value is -1.08. The predicted octanol–water partition coefficient (Wildman–Crippen LogP) is -0.326. The number of ketones is 1. The first kappa shape index (κ1) is 13.9. The van der Waals surface area contributed by atoms with Crippen LogP contribution in [0.15, 0.2) is 5.16 Å². The summed E-state index contributed by atoms with van der Waals surface area (Å²) in [6.45, 7) is 1.63. The van der Waals surface area contributed by atoms with Crippen molar-refractivity contribution in [2.24, 2.45) is 5.16 Å². The lowest BCUT2D eigenvalue weighted by Gasteiger charge is -2.02. The van der Waals surface area contributed by atoms with Crippen molar-refractivity contribution < 1.29 is 24.6 Å². The second-order valence-corrected chi connectivity index (χ2v) is 3.47. The van der Waals surface area contributed by atoms with Crippen LogP contribution in [0.1, 0.15) is 6.92 Å². The van der Waals surface area contributed by atoms with Crippen LogP contribution in [-0.2, 0) is 14.3 Å². The molecule has 2 N–H and O–H groups in total. The molecule has 0 fully saturated rings. The smallest absolute Gasteiger partial charge is 0.364 e. The van der Waals surface area contributed by atoms with Gasteiger partial charge < -0.3 is 15.1 Å². The Morgan fingerprint density at radius 2 is 2.13 bits per heavy atom. The van der Waals surface area contributed by atoms with Gasteiger partial charge in [-0.3, -0.25) is 4.79 Å². The van der Waals surface area contributed by atoms with Crippen LogP contribution in [0.4, 0.5) is 0 Å². The number of hydrogen-bond donors (Lipinski definition) is 2. The van der Waals surface area contributed by atoms with Crippen molar-refractivity contribution in [2.45, 2.75) is 6.92 Å². The number of hydrogen-bond acceptors (Lipinski definition) is 7. The van der Waals surface area contributed by atoms with Crippen LogP contribution in [0.25, 0.3) is 0 Å². The van der Waals surface area contributed by atoms with Gasteiger partial charge in [-0.2, -0.15) is 11.8 Å². The van der Waals surface area contributed by atoms with Crippen LogP contribution in [0.2, 0.25) is 0 Å². The van der Waals surface area contributed by atoms with Crippen molar-refractivity contribution >= 4 is 29.2 Å². The maximum Gasteiger partial charge on any atom is 0.364 e. The molecule has 0 aliphatic heterocycles. The third-order valence-electron chi connectivity index (χ3n) is 1.30. The van der Waals surface area contributed by atoms with Crippen LogP contribution in [-0.4, -0.2) is 52.5 Å². The quantitative estimate of drug-likeness (QED) is 0.157. The summed E-state index contributed by atoms with van der Waals surface area (Å²) in [5.41, 5.74) is -0.609. The number of rotatable bonds is 7. The Morgan fingerprint density at radius 3 is 2.60 bits per heavy atom. The number of carbonyl (C=O) groups excluding carboxylic acids is 2. The molecule has 0 aliphatic carbocycles. The van der Waals surface area contributed by atoms with Crippen molar-refractivity contribution in [1.82, 2.24) is 0 Å². The number of aliphatic hydroxyl groups is 1. The minimum absolute atomic E-state index is 0.0290. The van der Waals surface area contributed by atoms with Crippen LogP contribution in [0.3, 0.4) is 0 Å². The van der Waals surface area contributed by atoms with Gasteiger partial charge in [0, 0.05) is 5.75 Å². The van der Waals surface area contributed by atoms with E-state index in [1.54, 1.807) is 6.92 Å². The number of carbonyl (C=O) groups is 2. The Labute approximate surface area is 91.3 Å². The molecule has 0 amide bonds. The standard InChI is InChI=1S/C8H13NO5S/c1-2-14-8(12)7(9-13)6(11)5-15-4-3-10/h10,13H,2-5H2,1H3. The minimum atomic E-state index is -0.936. The highest BCUT2D eigenvalue weighted by molar-refractivity contribution is 8.00. The summed E-state index contributed by atoms with van der Waals surface area (Å²) in [7, 11) is 0. The van der Waals surface area contributed by atoms with E-state index in [4.69, 9.17) is 10.3 Å². The molecule has 0 aromatic heterocycles. The van der Waals surface area contributed by atoms with E-state index in [2.05, 4.69) is 9.89 Å². The molecule has 6 nitrogen and oxygen atoms in total. The second-order valence-electron chi connectivity index (χ2n) is 2.37. The fraction of sp³-hybridized carbons (Fsp3) is 0.625. The molecular weight excluding hydrogens is 222 g/mol. The fourth-order valence-electron chi connectivity index (χ4n) is 0.708. The van der Waals surface area contributed by atoms with Crippen molar-refractivity contribution in [1.29, 1.82) is 0 Å². The van der Waals surface area contributed by atoms with Crippen molar-refractivity contribution in [3.63, 3.8) is 0 Å². The van der Waals surface area contributed by atoms with Gasteiger partial charge in [-0.25, -0.2) is 4.79 Å². The Kier molecular flexibility index (Phi) is 7.65. The Balaban J connectivity index is 4.18. The molecule has 0 spiro atoms. The molecule has 15 heavy (non-hydrogen) atoms. The van der Waals surface area contributed by atoms with Crippen LogP contribution >= 0.6 is 11.8 Å². The number of Topliss-reactive ketones (excluding diaryl/α,β-unsaturated/α-hetero) is 1. The summed E-state index contributed by atoms with van der Waals surface area (Å²) in [5.74, 6) is -1.20. The van der Waals surface area contributed by atoms with Crippen molar-refractivity contribution in [2.75, 3.05) is 24.7 Å². The number of ether oxygens (including phenoxy) is 1. The van der Waals surface area contributed by atoms with Gasteiger partial charge in [0.15, 0.2) is 0 Å². The van der Waals surface area contributed by atoms with E-state index >= 15 is 0 Å². The highest BCUT2D eigenvalue weighted by Gasteiger charge is 2.21. The maximum absolute atomic E-state index is 11.3. The van der Waals surface area contributed by atoms with Gasteiger partial charge in [0.25, 0.3) is 0 Å². The molecule has 0 saturated heterocycles. The molecular formula is C8H13NO5S. The van der Waals surface area contributed by atoms with E-state index in [-0.39, 0.29) is 19.0 Å². The Morgan fingerprint density at radius 1 is 1.47 bits per heavy atom. The van der Waals surface area contributed by atoms with E-state index in [1.165, 1.54) is 0 Å². The Bertz CT molecular complexity index is 253. The summed E-state index contributed by atoms with van der Waals surface area (Å²) < 4.78 is 4.51. The topological polar surface area (TPSA) is 96.2 Å². The molecule has 0 saturated carbocycles. The number of oxime groups is 1. The minimum Gasteiger partial charge on any atom is -0.461 e. The van der Waals surface area contributed by atoms with Crippen LogP contribution in [0, 0.1) is 0 Å². The second kappa shape index (κ2) is 8.25. The third-order valence-corrected chi connectivity index (χ3v) is 2.24. The molecule has 0 aliphatic rings. The van der Waals surface area contributed by atoms with Crippen molar-refractivity contribution in [3.8, 4) is 0 Å². The zero-order valence-corrected chi connectivity index (χ0v) is 9.12. The summed E-state index contributed by atoms with van der Waals surface area (Å²) >= 11 is 1.14. The average Bonchev–Trinajstić information content (AvgIpc) is 2.19. The van der Waals surface area contributed by atoms with E-state index in [0.29, 0.717) is 5.75 Å². The fourth-order valence-corrected chi connectivity index (χ4v) is 1.30. The largest absolute Gasteiger partial charge is 0.461 e. The van der Waals surface area contributed by atoms with Crippen molar-refractivity contribution in [3.05, 3.63) is 0 Å². The molecule has 7 heteroatoms. The molecule has 0 aromatic carbocycles. The molecule has 0 bridgehead atoms. The highest BCUT2D eigenvalue weighted by Crippen LogP contribution is 2.00. The zero-order chi connectivity index (χ0) is 11.7. The van der Waals surface area contributed by atoms with Gasteiger partial charge in [-0.1, -0.05) is 5.16 Å². The maximum atomic E-state index is 11.3. The number of thioether (sulfide) groups is 1. The van der Waals surface area contributed by atoms with E-state index in [0.717, 1.165) is 11.8 Å². The summed E-state index contributed by atoms with van der Waals surface area (Å²) in [4.78, 5) is 22.3. The SMILES string of the molecule is CCOC(=O)C(=NO)C(=O)CSCCO. The third kappa shape index (κ3) is 5.38. The number of nitrogens with zero attached hydrogens (tertiary/aromatic N) is 1. The van der Waals surface area contributed by atoms with Gasteiger partial charge >= 0.3 is 5.97 Å².